The van der Waals surface area contributed by atoms with Gasteiger partial charge in [0.2, 0.25) is 0 Å². The summed E-state index contributed by atoms with van der Waals surface area (Å²) in [5.74, 6) is -0.725. The zero-order valence-electron chi connectivity index (χ0n) is 14.7. The highest BCUT2D eigenvalue weighted by atomic mass is 16.5. The lowest BCUT2D eigenvalue weighted by atomic mass is 10.2. The highest BCUT2D eigenvalue weighted by molar-refractivity contribution is 6.39. The maximum Gasteiger partial charge on any atom is 0.313 e. The number of hydrogen-bond donors (Lipinski definition) is 2. The van der Waals surface area contributed by atoms with E-state index in [1.165, 1.54) is 7.11 Å². The van der Waals surface area contributed by atoms with Gasteiger partial charge in [0.05, 0.1) is 17.5 Å². The van der Waals surface area contributed by atoms with Crippen molar-refractivity contribution in [2.24, 2.45) is 0 Å². The summed E-state index contributed by atoms with van der Waals surface area (Å²) in [5.41, 5.74) is 0.885. The highest BCUT2D eigenvalue weighted by Crippen LogP contribution is 2.18. The lowest BCUT2D eigenvalue weighted by Gasteiger charge is -2.11. The summed E-state index contributed by atoms with van der Waals surface area (Å²) < 4.78 is 6.54. The summed E-state index contributed by atoms with van der Waals surface area (Å²) in [7, 11) is 1.51. The van der Waals surface area contributed by atoms with Gasteiger partial charge in [0, 0.05) is 32.3 Å². The van der Waals surface area contributed by atoms with Crippen molar-refractivity contribution >= 4 is 28.4 Å². The van der Waals surface area contributed by atoms with Crippen LogP contribution in [0, 0.1) is 0 Å². The second-order valence-electron chi connectivity index (χ2n) is 6.23. The van der Waals surface area contributed by atoms with E-state index in [4.69, 9.17) is 4.74 Å². The van der Waals surface area contributed by atoms with Gasteiger partial charge in [-0.1, -0.05) is 6.42 Å². The molecule has 8 nitrogen and oxygen atoms in total. The van der Waals surface area contributed by atoms with E-state index in [9.17, 15) is 14.4 Å². The van der Waals surface area contributed by atoms with E-state index in [1.807, 2.05) is 0 Å². The summed E-state index contributed by atoms with van der Waals surface area (Å²) in [6.07, 6.45) is 3.87. The molecule has 1 aromatic heterocycles. The molecule has 8 heteroatoms. The molecule has 0 unspecified atom stereocenters. The number of nitrogens with zero attached hydrogens (tertiary/aromatic N) is 2. The van der Waals surface area contributed by atoms with Gasteiger partial charge in [0.15, 0.2) is 0 Å². The highest BCUT2D eigenvalue weighted by Gasteiger charge is 2.16. The van der Waals surface area contributed by atoms with E-state index >= 15 is 0 Å². The molecule has 0 atom stereocenters. The fourth-order valence-corrected chi connectivity index (χ4v) is 3.03. The quantitative estimate of drug-likeness (QED) is 0.622. The van der Waals surface area contributed by atoms with Crippen molar-refractivity contribution in [2.45, 2.75) is 32.2 Å². The predicted octanol–water partition coefficient (Wildman–Crippen LogP) is 0.824. The standard InChI is InChI=1S/C18H22N4O4/c1-26-10-8-19-16(23)17(24)20-12-6-7-14-13(11-12)18(25)22-9-4-2-3-5-15(22)21-14/h6-7,11H,2-5,8-10H2,1H3,(H,19,23)(H,20,24). The Balaban J connectivity index is 1.83. The van der Waals surface area contributed by atoms with E-state index in [1.54, 1.807) is 22.8 Å². The van der Waals surface area contributed by atoms with Gasteiger partial charge in [-0.2, -0.15) is 0 Å². The van der Waals surface area contributed by atoms with Crippen molar-refractivity contribution in [1.29, 1.82) is 0 Å². The maximum atomic E-state index is 12.8. The number of hydrogen-bond acceptors (Lipinski definition) is 5. The zero-order chi connectivity index (χ0) is 18.5. The van der Waals surface area contributed by atoms with Gasteiger partial charge >= 0.3 is 11.8 Å². The Hall–Kier alpha value is -2.74. The third-order valence-electron chi connectivity index (χ3n) is 4.37. The molecular weight excluding hydrogens is 336 g/mol. The average Bonchev–Trinajstić information content (AvgIpc) is 2.88. The zero-order valence-corrected chi connectivity index (χ0v) is 14.7. The molecule has 1 aromatic carbocycles. The minimum absolute atomic E-state index is 0.104. The Morgan fingerprint density at radius 1 is 1.23 bits per heavy atom. The average molecular weight is 358 g/mol. The number of carbonyl (C=O) groups excluding carboxylic acids is 2. The smallest absolute Gasteiger partial charge is 0.313 e. The summed E-state index contributed by atoms with van der Waals surface area (Å²) in [5, 5.41) is 5.40. The first-order valence-corrected chi connectivity index (χ1v) is 8.72. The number of benzene rings is 1. The van der Waals surface area contributed by atoms with Crippen LogP contribution < -0.4 is 16.2 Å². The van der Waals surface area contributed by atoms with Crippen LogP contribution in [-0.2, 0) is 27.3 Å². The van der Waals surface area contributed by atoms with Gasteiger partial charge in [-0.15, -0.1) is 0 Å². The molecule has 0 spiro atoms. The first-order chi connectivity index (χ1) is 12.6. The molecule has 138 valence electrons. The molecular formula is C18H22N4O4. The number of methoxy groups -OCH3 is 1. The number of fused-ring (bicyclic) bond motifs is 2. The molecule has 0 aliphatic carbocycles. The molecule has 26 heavy (non-hydrogen) atoms. The predicted molar refractivity (Wildman–Crippen MR) is 97.1 cm³/mol. The second-order valence-corrected chi connectivity index (χ2v) is 6.23. The lowest BCUT2D eigenvalue weighted by molar-refractivity contribution is -0.136. The van der Waals surface area contributed by atoms with Crippen LogP contribution in [0.25, 0.3) is 10.9 Å². The second kappa shape index (κ2) is 8.09. The largest absolute Gasteiger partial charge is 0.383 e. The number of carbonyl (C=O) groups is 2. The summed E-state index contributed by atoms with van der Waals surface area (Å²) in [6, 6.07) is 4.91. The van der Waals surface area contributed by atoms with E-state index in [2.05, 4.69) is 15.6 Å². The molecule has 0 bridgehead atoms. The Labute approximate surface area is 150 Å². The van der Waals surface area contributed by atoms with Crippen molar-refractivity contribution in [3.63, 3.8) is 0 Å². The Morgan fingerprint density at radius 2 is 2.08 bits per heavy atom. The molecule has 2 heterocycles. The number of anilines is 1. The minimum atomic E-state index is -0.789. The number of nitrogens with one attached hydrogen (secondary N) is 2. The topological polar surface area (TPSA) is 102 Å². The van der Waals surface area contributed by atoms with E-state index < -0.39 is 11.8 Å². The van der Waals surface area contributed by atoms with Crippen LogP contribution in [0.4, 0.5) is 5.69 Å². The van der Waals surface area contributed by atoms with Crippen LogP contribution in [0.1, 0.15) is 25.1 Å². The van der Waals surface area contributed by atoms with Crippen LogP contribution in [0.3, 0.4) is 0 Å². The maximum absolute atomic E-state index is 12.8. The number of rotatable bonds is 4. The Bertz CT molecular complexity index is 891. The lowest BCUT2D eigenvalue weighted by Crippen LogP contribution is -2.37. The van der Waals surface area contributed by atoms with Gasteiger partial charge in [0.1, 0.15) is 5.82 Å². The van der Waals surface area contributed by atoms with Gasteiger partial charge in [-0.3, -0.25) is 19.0 Å². The molecule has 0 saturated heterocycles. The molecule has 2 amide bonds. The van der Waals surface area contributed by atoms with Gasteiger partial charge in [-0.25, -0.2) is 4.98 Å². The van der Waals surface area contributed by atoms with Crippen molar-refractivity contribution < 1.29 is 14.3 Å². The summed E-state index contributed by atoms with van der Waals surface area (Å²) >= 11 is 0. The first kappa shape index (κ1) is 18.1. The van der Waals surface area contributed by atoms with Crippen molar-refractivity contribution in [3.8, 4) is 0 Å². The fraction of sp³-hybridized carbons (Fsp3) is 0.444. The number of aryl methyl sites for hydroxylation is 1. The van der Waals surface area contributed by atoms with E-state index in [0.29, 0.717) is 29.7 Å². The van der Waals surface area contributed by atoms with Crippen LogP contribution in [0.2, 0.25) is 0 Å². The van der Waals surface area contributed by atoms with Crippen molar-refractivity contribution in [3.05, 3.63) is 34.4 Å². The number of amides is 2. The molecule has 1 aliphatic rings. The van der Waals surface area contributed by atoms with Gasteiger partial charge in [0.25, 0.3) is 5.56 Å². The van der Waals surface area contributed by atoms with Crippen molar-refractivity contribution in [1.82, 2.24) is 14.9 Å². The van der Waals surface area contributed by atoms with E-state index in [-0.39, 0.29) is 12.1 Å². The number of ether oxygens (including phenoxy) is 1. The van der Waals surface area contributed by atoms with E-state index in [0.717, 1.165) is 31.5 Å². The Kier molecular flexibility index (Phi) is 5.62. The van der Waals surface area contributed by atoms with Crippen molar-refractivity contribution in [2.75, 3.05) is 25.6 Å². The first-order valence-electron chi connectivity index (χ1n) is 8.72. The monoisotopic (exact) mass is 358 g/mol. The van der Waals surface area contributed by atoms with Gasteiger partial charge in [-0.05, 0) is 31.0 Å². The molecule has 3 rings (SSSR count). The minimum Gasteiger partial charge on any atom is -0.383 e. The summed E-state index contributed by atoms with van der Waals surface area (Å²) in [6.45, 7) is 1.23. The summed E-state index contributed by atoms with van der Waals surface area (Å²) in [4.78, 5) is 41.1. The van der Waals surface area contributed by atoms with Crippen LogP contribution in [0.15, 0.2) is 23.0 Å². The van der Waals surface area contributed by atoms with Gasteiger partial charge < -0.3 is 15.4 Å². The third-order valence-corrected chi connectivity index (χ3v) is 4.37. The molecule has 2 aromatic rings. The molecule has 1 aliphatic heterocycles. The SMILES string of the molecule is COCCNC(=O)C(=O)Nc1ccc2nc3n(c(=O)c2c1)CCCCC3. The molecule has 0 radical (unpaired) electrons. The fourth-order valence-electron chi connectivity index (χ4n) is 3.03. The Morgan fingerprint density at radius 3 is 2.88 bits per heavy atom. The third kappa shape index (κ3) is 3.91. The molecule has 0 saturated carbocycles. The van der Waals surface area contributed by atoms with Crippen LogP contribution in [-0.4, -0.2) is 41.6 Å². The molecule has 0 fully saturated rings. The van der Waals surface area contributed by atoms with Crippen LogP contribution in [0.5, 0.6) is 0 Å². The van der Waals surface area contributed by atoms with Crippen LogP contribution >= 0.6 is 0 Å². The molecule has 2 N–H and O–H groups in total. The number of aromatic nitrogens is 2. The normalized spacial score (nSPS) is 13.7.